The zero-order valence-corrected chi connectivity index (χ0v) is 16.2. The van der Waals surface area contributed by atoms with E-state index in [1.807, 2.05) is 18.2 Å². The average Bonchev–Trinajstić information content (AvgIpc) is 3.00. The van der Waals surface area contributed by atoms with Crippen LogP contribution in [0.3, 0.4) is 0 Å². The lowest BCUT2D eigenvalue weighted by Crippen LogP contribution is -2.37. The first-order valence-corrected chi connectivity index (χ1v) is 8.23. The number of hydrogen-bond donors (Lipinski definition) is 2. The van der Waals surface area contributed by atoms with Gasteiger partial charge in [0.15, 0.2) is 5.96 Å². The Balaban J connectivity index is 0.00000242. The van der Waals surface area contributed by atoms with Gasteiger partial charge in [-0.1, -0.05) is 37.3 Å². The second-order valence-corrected chi connectivity index (χ2v) is 5.56. The number of aliphatic imine (C=N–C) groups is 1. The number of rotatable bonds is 6. The normalized spacial score (nSPS) is 10.9. The van der Waals surface area contributed by atoms with Crippen LogP contribution in [-0.2, 0) is 6.54 Å². The number of halogens is 1. The van der Waals surface area contributed by atoms with Crippen molar-refractivity contribution >= 4 is 41.3 Å². The van der Waals surface area contributed by atoms with Crippen molar-refractivity contribution in [3.8, 4) is 11.3 Å². The molecule has 2 rings (SSSR count). The van der Waals surface area contributed by atoms with Crippen molar-refractivity contribution in [2.45, 2.75) is 26.8 Å². The van der Waals surface area contributed by atoms with Crippen LogP contribution in [0.15, 0.2) is 40.7 Å². The fraction of sp³-hybridized carbons (Fsp3) is 0.375. The highest BCUT2D eigenvalue weighted by Crippen LogP contribution is 2.21. The first-order chi connectivity index (χ1) is 10.3. The summed E-state index contributed by atoms with van der Waals surface area (Å²) >= 11 is 1.65. The molecule has 4 nitrogen and oxygen atoms in total. The fourth-order valence-corrected chi connectivity index (χ4v) is 2.58. The molecule has 1 aromatic heterocycles. The van der Waals surface area contributed by atoms with Crippen molar-refractivity contribution in [3.63, 3.8) is 0 Å². The van der Waals surface area contributed by atoms with Gasteiger partial charge in [-0.05, 0) is 13.3 Å². The minimum absolute atomic E-state index is 0. The molecule has 1 aromatic carbocycles. The van der Waals surface area contributed by atoms with E-state index in [1.54, 1.807) is 11.3 Å². The van der Waals surface area contributed by atoms with E-state index < -0.39 is 0 Å². The molecule has 0 unspecified atom stereocenters. The van der Waals surface area contributed by atoms with Crippen LogP contribution in [-0.4, -0.2) is 24.0 Å². The molecule has 0 spiro atoms. The first kappa shape index (κ1) is 18.9. The largest absolute Gasteiger partial charge is 0.357 e. The molecule has 0 atom stereocenters. The Labute approximate surface area is 153 Å². The third kappa shape index (κ3) is 5.92. The summed E-state index contributed by atoms with van der Waals surface area (Å²) in [5.74, 6) is 0.857. The van der Waals surface area contributed by atoms with Gasteiger partial charge in [0, 0.05) is 24.0 Å². The fourth-order valence-electron chi connectivity index (χ4n) is 1.86. The van der Waals surface area contributed by atoms with Crippen LogP contribution in [0.2, 0.25) is 0 Å². The summed E-state index contributed by atoms with van der Waals surface area (Å²) < 4.78 is 0. The van der Waals surface area contributed by atoms with E-state index in [0.29, 0.717) is 6.54 Å². The second-order valence-electron chi connectivity index (χ2n) is 4.61. The van der Waals surface area contributed by atoms with Gasteiger partial charge >= 0.3 is 0 Å². The highest BCUT2D eigenvalue weighted by atomic mass is 127. The molecule has 0 amide bonds. The van der Waals surface area contributed by atoms with Gasteiger partial charge in [-0.2, -0.15) is 0 Å². The molecule has 0 saturated heterocycles. The van der Waals surface area contributed by atoms with Gasteiger partial charge < -0.3 is 10.6 Å². The Morgan fingerprint density at radius 3 is 2.64 bits per heavy atom. The standard InChI is InChI=1S/C16H22N4S.HI/c1-3-10-18-16(17-4-2)19-11-15-20-14(12-21-15)13-8-6-5-7-9-13;/h5-9,12H,3-4,10-11H2,1-2H3,(H2,17,18,19);1H. The molecule has 0 radical (unpaired) electrons. The number of nitrogens with zero attached hydrogens (tertiary/aromatic N) is 2. The van der Waals surface area contributed by atoms with E-state index in [4.69, 9.17) is 0 Å². The summed E-state index contributed by atoms with van der Waals surface area (Å²) in [6.07, 6.45) is 1.08. The van der Waals surface area contributed by atoms with Crippen molar-refractivity contribution in [3.05, 3.63) is 40.7 Å². The lowest BCUT2D eigenvalue weighted by atomic mass is 10.2. The van der Waals surface area contributed by atoms with Crippen molar-refractivity contribution < 1.29 is 0 Å². The van der Waals surface area contributed by atoms with Gasteiger partial charge in [0.25, 0.3) is 0 Å². The zero-order chi connectivity index (χ0) is 14.9. The molecule has 0 aliphatic carbocycles. The SMILES string of the molecule is CCCNC(=NCc1nc(-c2ccccc2)cs1)NCC.I. The molecule has 2 N–H and O–H groups in total. The Kier molecular flexibility index (Phi) is 9.07. The summed E-state index contributed by atoms with van der Waals surface area (Å²) in [7, 11) is 0. The van der Waals surface area contributed by atoms with E-state index in [9.17, 15) is 0 Å². The highest BCUT2D eigenvalue weighted by molar-refractivity contribution is 14.0. The molecule has 22 heavy (non-hydrogen) atoms. The molecule has 0 fully saturated rings. The maximum absolute atomic E-state index is 4.65. The van der Waals surface area contributed by atoms with Crippen molar-refractivity contribution in [2.24, 2.45) is 4.99 Å². The average molecular weight is 430 g/mol. The minimum Gasteiger partial charge on any atom is -0.357 e. The van der Waals surface area contributed by atoms with Gasteiger partial charge in [0.05, 0.1) is 12.2 Å². The number of benzene rings is 1. The van der Waals surface area contributed by atoms with Gasteiger partial charge in [0.1, 0.15) is 5.01 Å². The molecule has 6 heteroatoms. The molecule has 1 heterocycles. The van der Waals surface area contributed by atoms with Crippen molar-refractivity contribution in [1.29, 1.82) is 0 Å². The van der Waals surface area contributed by atoms with Gasteiger partial charge in [-0.3, -0.25) is 0 Å². The van der Waals surface area contributed by atoms with Crippen LogP contribution in [0, 0.1) is 0 Å². The maximum Gasteiger partial charge on any atom is 0.191 e. The predicted octanol–water partition coefficient (Wildman–Crippen LogP) is 3.89. The van der Waals surface area contributed by atoms with Crippen molar-refractivity contribution in [2.75, 3.05) is 13.1 Å². The summed E-state index contributed by atoms with van der Waals surface area (Å²) in [6.45, 7) is 6.61. The molecule has 0 aliphatic rings. The van der Waals surface area contributed by atoms with Crippen LogP contribution >= 0.6 is 35.3 Å². The predicted molar refractivity (Wildman–Crippen MR) is 106 cm³/mol. The van der Waals surface area contributed by atoms with Gasteiger partial charge in [-0.15, -0.1) is 35.3 Å². The third-order valence-electron chi connectivity index (χ3n) is 2.88. The molecular formula is C16H23IN4S. The van der Waals surface area contributed by atoms with Crippen LogP contribution in [0.1, 0.15) is 25.3 Å². The van der Waals surface area contributed by atoms with Crippen LogP contribution in [0.25, 0.3) is 11.3 Å². The Morgan fingerprint density at radius 1 is 1.18 bits per heavy atom. The number of nitrogens with one attached hydrogen (secondary N) is 2. The minimum atomic E-state index is 0. The number of hydrogen-bond acceptors (Lipinski definition) is 3. The van der Waals surface area contributed by atoms with E-state index >= 15 is 0 Å². The number of thiazole rings is 1. The van der Waals surface area contributed by atoms with E-state index in [-0.39, 0.29) is 24.0 Å². The summed E-state index contributed by atoms with van der Waals surface area (Å²) in [4.78, 5) is 9.22. The van der Waals surface area contributed by atoms with Crippen molar-refractivity contribution in [1.82, 2.24) is 15.6 Å². The van der Waals surface area contributed by atoms with E-state index in [2.05, 4.69) is 52.0 Å². The van der Waals surface area contributed by atoms with E-state index in [1.165, 1.54) is 0 Å². The monoisotopic (exact) mass is 430 g/mol. The molecule has 0 bridgehead atoms. The van der Waals surface area contributed by atoms with Crippen LogP contribution < -0.4 is 10.6 Å². The Bertz CT molecular complexity index is 569. The molecular weight excluding hydrogens is 407 g/mol. The maximum atomic E-state index is 4.65. The lowest BCUT2D eigenvalue weighted by Gasteiger charge is -2.09. The zero-order valence-electron chi connectivity index (χ0n) is 13.0. The van der Waals surface area contributed by atoms with Crippen LogP contribution in [0.5, 0.6) is 0 Å². The van der Waals surface area contributed by atoms with Crippen LogP contribution in [0.4, 0.5) is 0 Å². The smallest absolute Gasteiger partial charge is 0.191 e. The Morgan fingerprint density at radius 2 is 1.95 bits per heavy atom. The van der Waals surface area contributed by atoms with Gasteiger partial charge in [0.2, 0.25) is 0 Å². The highest BCUT2D eigenvalue weighted by Gasteiger charge is 2.04. The lowest BCUT2D eigenvalue weighted by molar-refractivity contribution is 0.785. The molecule has 0 saturated carbocycles. The molecule has 2 aromatic rings. The Hall–Kier alpha value is -1.15. The quantitative estimate of drug-likeness (QED) is 0.415. The van der Waals surface area contributed by atoms with E-state index in [0.717, 1.165) is 41.7 Å². The summed E-state index contributed by atoms with van der Waals surface area (Å²) in [5, 5.41) is 9.66. The third-order valence-corrected chi connectivity index (χ3v) is 3.71. The number of guanidine groups is 1. The second kappa shape index (κ2) is 10.6. The molecule has 120 valence electrons. The summed E-state index contributed by atoms with van der Waals surface area (Å²) in [5.41, 5.74) is 2.18. The number of aromatic nitrogens is 1. The summed E-state index contributed by atoms with van der Waals surface area (Å²) in [6, 6.07) is 10.2. The van der Waals surface area contributed by atoms with Gasteiger partial charge in [-0.25, -0.2) is 9.98 Å². The topological polar surface area (TPSA) is 49.3 Å². The first-order valence-electron chi connectivity index (χ1n) is 7.35. The molecule has 0 aliphatic heterocycles.